The summed E-state index contributed by atoms with van der Waals surface area (Å²) in [6, 6.07) is 0. The summed E-state index contributed by atoms with van der Waals surface area (Å²) in [6.07, 6.45) is -10.3. The van der Waals surface area contributed by atoms with E-state index in [2.05, 4.69) is 0 Å². The number of halogens is 6. The molecule has 3 nitrogen and oxygen atoms in total. The van der Waals surface area contributed by atoms with E-state index in [0.29, 0.717) is 17.7 Å². The number of amides is 1. The Morgan fingerprint density at radius 3 is 2.16 bits per heavy atom. The molecule has 1 atom stereocenters. The van der Waals surface area contributed by atoms with E-state index in [9.17, 15) is 31.1 Å². The largest absolute Gasteiger partial charge is 0.409 e. The Kier molecular flexibility index (Phi) is 4.70. The van der Waals surface area contributed by atoms with Crippen LogP contribution in [0.3, 0.4) is 0 Å². The smallest absolute Gasteiger partial charge is 0.342 e. The molecule has 1 aliphatic rings. The lowest BCUT2D eigenvalue weighted by Crippen LogP contribution is -2.52. The fourth-order valence-electron chi connectivity index (χ4n) is 2.11. The number of rotatable bonds is 2. The molecule has 112 valence electrons. The van der Waals surface area contributed by atoms with Crippen LogP contribution >= 0.6 is 0 Å². The van der Waals surface area contributed by atoms with Crippen molar-refractivity contribution in [2.24, 2.45) is 17.6 Å². The second kappa shape index (κ2) is 5.56. The van der Waals surface area contributed by atoms with E-state index in [0.717, 1.165) is 0 Å². The summed E-state index contributed by atoms with van der Waals surface area (Å²) in [5, 5.41) is 0. The number of nitrogens with zero attached hydrogens (tertiary/aromatic N) is 1. The van der Waals surface area contributed by atoms with Gasteiger partial charge >= 0.3 is 12.4 Å². The zero-order valence-corrected chi connectivity index (χ0v) is 9.89. The SMILES string of the molecule is NCC1CCCN(C(=O)C(C(F)(F)F)C(F)(F)F)C1. The van der Waals surface area contributed by atoms with Crippen LogP contribution in [-0.4, -0.2) is 42.8 Å². The monoisotopic (exact) mass is 292 g/mol. The average molecular weight is 292 g/mol. The summed E-state index contributed by atoms with van der Waals surface area (Å²) in [6.45, 7) is -0.123. The number of alkyl halides is 6. The van der Waals surface area contributed by atoms with Crippen molar-refractivity contribution in [2.45, 2.75) is 25.2 Å². The molecular weight excluding hydrogens is 278 g/mol. The normalized spacial score (nSPS) is 21.9. The molecule has 0 aromatic heterocycles. The second-order valence-corrected chi connectivity index (χ2v) is 4.54. The lowest BCUT2D eigenvalue weighted by molar-refractivity contribution is -0.278. The minimum Gasteiger partial charge on any atom is -0.342 e. The van der Waals surface area contributed by atoms with Crippen LogP contribution in [0.1, 0.15) is 12.8 Å². The Morgan fingerprint density at radius 1 is 1.21 bits per heavy atom. The van der Waals surface area contributed by atoms with Gasteiger partial charge in [-0.05, 0) is 25.3 Å². The van der Waals surface area contributed by atoms with E-state index in [1.807, 2.05) is 0 Å². The maximum Gasteiger partial charge on any atom is 0.409 e. The lowest BCUT2D eigenvalue weighted by atomic mass is 9.96. The van der Waals surface area contributed by atoms with Crippen LogP contribution in [0.25, 0.3) is 0 Å². The standard InChI is InChI=1S/C10H14F6N2O/c11-9(12,13)7(10(14,15)16)8(19)18-3-1-2-6(4-17)5-18/h6-7H,1-5,17H2. The fourth-order valence-corrected chi connectivity index (χ4v) is 2.11. The van der Waals surface area contributed by atoms with Gasteiger partial charge in [0, 0.05) is 13.1 Å². The van der Waals surface area contributed by atoms with Crippen molar-refractivity contribution in [2.75, 3.05) is 19.6 Å². The van der Waals surface area contributed by atoms with Crippen LogP contribution in [-0.2, 0) is 4.79 Å². The van der Waals surface area contributed by atoms with Crippen molar-refractivity contribution in [3.63, 3.8) is 0 Å². The third kappa shape index (κ3) is 3.99. The highest BCUT2D eigenvalue weighted by molar-refractivity contribution is 5.80. The first kappa shape index (κ1) is 16.1. The van der Waals surface area contributed by atoms with Crippen molar-refractivity contribution >= 4 is 5.91 Å². The summed E-state index contributed by atoms with van der Waals surface area (Å²) < 4.78 is 74.4. The van der Waals surface area contributed by atoms with E-state index in [1.165, 1.54) is 0 Å². The molecular formula is C10H14F6N2O. The molecule has 1 saturated heterocycles. The molecule has 0 radical (unpaired) electrons. The molecule has 1 unspecified atom stereocenters. The fraction of sp³-hybridized carbons (Fsp3) is 0.900. The van der Waals surface area contributed by atoms with Crippen molar-refractivity contribution < 1.29 is 31.1 Å². The van der Waals surface area contributed by atoms with Crippen LogP contribution in [0.2, 0.25) is 0 Å². The number of likely N-dealkylation sites (tertiary alicyclic amines) is 1. The summed E-state index contributed by atoms with van der Waals surface area (Å²) in [5.41, 5.74) is 5.33. The summed E-state index contributed by atoms with van der Waals surface area (Å²) in [7, 11) is 0. The van der Waals surface area contributed by atoms with Crippen molar-refractivity contribution in [3.05, 3.63) is 0 Å². The van der Waals surface area contributed by atoms with Gasteiger partial charge in [0.15, 0.2) is 0 Å². The van der Waals surface area contributed by atoms with Crippen LogP contribution in [0.15, 0.2) is 0 Å². The van der Waals surface area contributed by atoms with Crippen molar-refractivity contribution in [1.82, 2.24) is 4.90 Å². The van der Waals surface area contributed by atoms with Crippen molar-refractivity contribution in [1.29, 1.82) is 0 Å². The molecule has 0 aliphatic carbocycles. The minimum atomic E-state index is -5.63. The Hall–Kier alpha value is -0.990. The van der Waals surface area contributed by atoms with Gasteiger partial charge in [-0.1, -0.05) is 0 Å². The van der Waals surface area contributed by atoms with E-state index in [-0.39, 0.29) is 25.6 Å². The molecule has 0 aromatic carbocycles. The number of carbonyl (C=O) groups is 1. The predicted octanol–water partition coefficient (Wildman–Crippen LogP) is 1.92. The first-order valence-corrected chi connectivity index (χ1v) is 5.69. The van der Waals surface area contributed by atoms with Gasteiger partial charge in [0.05, 0.1) is 0 Å². The highest BCUT2D eigenvalue weighted by Gasteiger charge is 2.62. The lowest BCUT2D eigenvalue weighted by Gasteiger charge is -2.35. The van der Waals surface area contributed by atoms with Gasteiger partial charge < -0.3 is 10.6 Å². The number of piperidine rings is 1. The van der Waals surface area contributed by atoms with Gasteiger partial charge in [0.2, 0.25) is 11.8 Å². The Labute approximate surface area is 105 Å². The average Bonchev–Trinajstić information content (AvgIpc) is 2.25. The van der Waals surface area contributed by atoms with E-state index < -0.39 is 24.2 Å². The zero-order chi connectivity index (χ0) is 14.8. The zero-order valence-electron chi connectivity index (χ0n) is 9.89. The van der Waals surface area contributed by atoms with Gasteiger partial charge in [-0.15, -0.1) is 0 Å². The molecule has 9 heteroatoms. The van der Waals surface area contributed by atoms with Crippen LogP contribution in [0, 0.1) is 11.8 Å². The number of carbonyl (C=O) groups excluding carboxylic acids is 1. The topological polar surface area (TPSA) is 46.3 Å². The number of hydrogen-bond acceptors (Lipinski definition) is 2. The number of hydrogen-bond donors (Lipinski definition) is 1. The van der Waals surface area contributed by atoms with Gasteiger partial charge in [0.1, 0.15) is 0 Å². The summed E-state index contributed by atoms with van der Waals surface area (Å²) in [5.74, 6) is -6.13. The third-order valence-electron chi connectivity index (χ3n) is 3.07. The van der Waals surface area contributed by atoms with Gasteiger partial charge in [-0.2, -0.15) is 26.3 Å². The molecule has 19 heavy (non-hydrogen) atoms. The Balaban J connectivity index is 2.88. The number of nitrogens with two attached hydrogens (primary N) is 1. The first-order chi connectivity index (χ1) is 8.57. The summed E-state index contributed by atoms with van der Waals surface area (Å²) in [4.78, 5) is 12.1. The molecule has 1 heterocycles. The van der Waals surface area contributed by atoms with E-state index in [1.54, 1.807) is 0 Å². The third-order valence-corrected chi connectivity index (χ3v) is 3.07. The van der Waals surface area contributed by atoms with Gasteiger partial charge in [0.25, 0.3) is 0 Å². The molecule has 0 aromatic rings. The maximum atomic E-state index is 12.4. The highest BCUT2D eigenvalue weighted by Crippen LogP contribution is 2.40. The quantitative estimate of drug-likeness (QED) is 0.790. The molecule has 1 fully saturated rings. The predicted molar refractivity (Wildman–Crippen MR) is 54.0 cm³/mol. The van der Waals surface area contributed by atoms with Crippen LogP contribution in [0.4, 0.5) is 26.3 Å². The van der Waals surface area contributed by atoms with E-state index >= 15 is 0 Å². The second-order valence-electron chi connectivity index (χ2n) is 4.54. The molecule has 2 N–H and O–H groups in total. The molecule has 1 rings (SSSR count). The molecule has 0 bridgehead atoms. The minimum absolute atomic E-state index is 0.0992. The van der Waals surface area contributed by atoms with Gasteiger partial charge in [-0.25, -0.2) is 0 Å². The molecule has 0 spiro atoms. The summed E-state index contributed by atoms with van der Waals surface area (Å²) >= 11 is 0. The Bertz CT molecular complexity index is 313. The Morgan fingerprint density at radius 2 is 1.74 bits per heavy atom. The maximum absolute atomic E-state index is 12.4. The van der Waals surface area contributed by atoms with E-state index in [4.69, 9.17) is 5.73 Å². The first-order valence-electron chi connectivity index (χ1n) is 5.69. The molecule has 1 aliphatic heterocycles. The molecule has 1 amide bonds. The molecule has 0 saturated carbocycles. The highest BCUT2D eigenvalue weighted by atomic mass is 19.4. The van der Waals surface area contributed by atoms with Gasteiger partial charge in [-0.3, -0.25) is 4.79 Å². The van der Waals surface area contributed by atoms with Crippen molar-refractivity contribution in [3.8, 4) is 0 Å². The van der Waals surface area contributed by atoms with Crippen LogP contribution < -0.4 is 5.73 Å². The van der Waals surface area contributed by atoms with Crippen LogP contribution in [0.5, 0.6) is 0 Å².